The normalized spacial score (nSPS) is 13.6. The second-order valence-corrected chi connectivity index (χ2v) is 12.9. The number of nitrogens with zero attached hydrogens (tertiary/aromatic N) is 1. The Morgan fingerprint density at radius 3 is 2.07 bits per heavy atom. The Labute approximate surface area is 265 Å². The van der Waals surface area contributed by atoms with Gasteiger partial charge in [-0.3, -0.25) is 0 Å². The Bertz CT molecular complexity index is 2670. The van der Waals surface area contributed by atoms with Crippen molar-refractivity contribution in [3.63, 3.8) is 0 Å². The van der Waals surface area contributed by atoms with Crippen LogP contribution in [0.4, 0.5) is 17.1 Å². The van der Waals surface area contributed by atoms with Crippen LogP contribution in [0, 0.1) is 0 Å². The van der Waals surface area contributed by atoms with Crippen LogP contribution in [-0.4, -0.2) is 0 Å². The van der Waals surface area contributed by atoms with E-state index in [0.717, 1.165) is 55.6 Å². The lowest BCUT2D eigenvalue weighted by Crippen LogP contribution is -2.15. The first-order chi connectivity index (χ1) is 22.6. The van der Waals surface area contributed by atoms with Gasteiger partial charge in [0.25, 0.3) is 0 Å². The van der Waals surface area contributed by atoms with E-state index < -0.39 is 0 Å². The quantitative estimate of drug-likeness (QED) is 0.205. The molecule has 218 valence electrons. The zero-order valence-electron chi connectivity index (χ0n) is 25.5. The van der Waals surface area contributed by atoms with Crippen LogP contribution in [0.25, 0.3) is 65.8 Å². The van der Waals surface area contributed by atoms with Gasteiger partial charge in [-0.25, -0.2) is 0 Å². The van der Waals surface area contributed by atoms with Gasteiger partial charge in [-0.2, -0.15) is 0 Å². The second kappa shape index (κ2) is 9.12. The Morgan fingerprint density at radius 1 is 0.500 bits per heavy atom. The summed E-state index contributed by atoms with van der Waals surface area (Å²) in [6.07, 6.45) is 0. The lowest BCUT2D eigenvalue weighted by atomic mass is 9.79. The van der Waals surface area contributed by atoms with Gasteiger partial charge in [0.1, 0.15) is 22.3 Å². The predicted molar refractivity (Wildman–Crippen MR) is 191 cm³/mol. The molecule has 10 rings (SSSR count). The van der Waals surface area contributed by atoms with Gasteiger partial charge >= 0.3 is 0 Å². The number of fused-ring (bicyclic) bond motifs is 13. The summed E-state index contributed by atoms with van der Waals surface area (Å²) in [5.74, 6) is 0. The topological polar surface area (TPSA) is 29.5 Å². The number of benzene rings is 7. The van der Waals surface area contributed by atoms with Crippen molar-refractivity contribution in [1.29, 1.82) is 0 Å². The Hall–Kier alpha value is -5.80. The SMILES string of the molecule is CC1(C)c2ccccc2-c2c1c1ccccc1c1c2oc2cc(N(c3ccccc3)c3cccc4oc5ccccc5c34)ccc21. The van der Waals surface area contributed by atoms with Gasteiger partial charge in [0.15, 0.2) is 0 Å². The fourth-order valence-corrected chi connectivity index (χ4v) is 8.07. The third-order valence-corrected chi connectivity index (χ3v) is 10.0. The Balaban J connectivity index is 1.28. The maximum absolute atomic E-state index is 7.01. The van der Waals surface area contributed by atoms with Crippen molar-refractivity contribution >= 4 is 71.7 Å². The molecular weight excluding hydrogens is 562 g/mol. The summed E-state index contributed by atoms with van der Waals surface area (Å²) in [5.41, 5.74) is 11.8. The number of rotatable bonds is 3. The first kappa shape index (κ1) is 25.5. The first-order valence-corrected chi connectivity index (χ1v) is 15.9. The third-order valence-electron chi connectivity index (χ3n) is 10.0. The molecule has 7 aromatic carbocycles. The molecule has 2 heterocycles. The maximum Gasteiger partial charge on any atom is 0.144 e. The van der Waals surface area contributed by atoms with Gasteiger partial charge in [-0.05, 0) is 69.9 Å². The average molecular weight is 592 g/mol. The van der Waals surface area contributed by atoms with Crippen molar-refractivity contribution in [3.8, 4) is 11.1 Å². The van der Waals surface area contributed by atoms with E-state index in [1.54, 1.807) is 0 Å². The van der Waals surface area contributed by atoms with E-state index in [9.17, 15) is 0 Å². The van der Waals surface area contributed by atoms with E-state index in [2.05, 4.69) is 146 Å². The number of hydrogen-bond donors (Lipinski definition) is 0. The van der Waals surface area contributed by atoms with E-state index in [1.807, 2.05) is 12.1 Å². The summed E-state index contributed by atoms with van der Waals surface area (Å²) in [6, 6.07) is 49.4. The third kappa shape index (κ3) is 3.32. The molecule has 2 aromatic heterocycles. The molecule has 0 spiro atoms. The molecule has 0 radical (unpaired) electrons. The molecular formula is C43H29NO2. The van der Waals surface area contributed by atoms with Crippen molar-refractivity contribution in [2.24, 2.45) is 0 Å². The molecule has 1 aliphatic rings. The van der Waals surface area contributed by atoms with Gasteiger partial charge in [0.05, 0.1) is 11.1 Å². The molecule has 46 heavy (non-hydrogen) atoms. The van der Waals surface area contributed by atoms with Gasteiger partial charge in [-0.15, -0.1) is 0 Å². The zero-order chi connectivity index (χ0) is 30.6. The summed E-state index contributed by atoms with van der Waals surface area (Å²) in [5, 5.41) is 7.02. The molecule has 0 amide bonds. The van der Waals surface area contributed by atoms with Gasteiger partial charge in [0, 0.05) is 44.6 Å². The van der Waals surface area contributed by atoms with E-state index in [4.69, 9.17) is 8.83 Å². The second-order valence-electron chi connectivity index (χ2n) is 12.9. The highest BCUT2D eigenvalue weighted by molar-refractivity contribution is 6.25. The molecule has 1 aliphatic carbocycles. The Kier molecular flexibility index (Phi) is 5.06. The minimum atomic E-state index is -0.139. The minimum absolute atomic E-state index is 0.139. The fraction of sp³-hybridized carbons (Fsp3) is 0.0698. The van der Waals surface area contributed by atoms with E-state index in [1.165, 1.54) is 38.4 Å². The van der Waals surface area contributed by atoms with Crippen LogP contribution in [0.2, 0.25) is 0 Å². The summed E-state index contributed by atoms with van der Waals surface area (Å²) in [6.45, 7) is 4.68. The van der Waals surface area contributed by atoms with Gasteiger partial charge in [0.2, 0.25) is 0 Å². The van der Waals surface area contributed by atoms with Crippen LogP contribution in [0.5, 0.6) is 0 Å². The van der Waals surface area contributed by atoms with E-state index in [-0.39, 0.29) is 5.41 Å². The molecule has 0 unspecified atom stereocenters. The van der Waals surface area contributed by atoms with Crippen LogP contribution in [0.3, 0.4) is 0 Å². The molecule has 0 bridgehead atoms. The van der Waals surface area contributed by atoms with Crippen LogP contribution >= 0.6 is 0 Å². The number of para-hydroxylation sites is 2. The Morgan fingerprint density at radius 2 is 1.20 bits per heavy atom. The van der Waals surface area contributed by atoms with Gasteiger partial charge in [-0.1, -0.05) is 105 Å². The van der Waals surface area contributed by atoms with Crippen LogP contribution in [0.15, 0.2) is 148 Å². The van der Waals surface area contributed by atoms with E-state index in [0.29, 0.717) is 0 Å². The highest BCUT2D eigenvalue weighted by Crippen LogP contribution is 2.56. The lowest BCUT2D eigenvalue weighted by Gasteiger charge is -2.26. The molecule has 0 aliphatic heterocycles. The molecule has 0 N–H and O–H groups in total. The first-order valence-electron chi connectivity index (χ1n) is 15.9. The number of anilines is 3. The van der Waals surface area contributed by atoms with Crippen LogP contribution < -0.4 is 4.90 Å². The highest BCUT2D eigenvalue weighted by atomic mass is 16.3. The number of hydrogen-bond acceptors (Lipinski definition) is 3. The summed E-state index contributed by atoms with van der Waals surface area (Å²) in [7, 11) is 0. The molecule has 3 nitrogen and oxygen atoms in total. The maximum atomic E-state index is 7.01. The zero-order valence-corrected chi connectivity index (χ0v) is 25.5. The summed E-state index contributed by atoms with van der Waals surface area (Å²) < 4.78 is 13.3. The van der Waals surface area contributed by atoms with Crippen molar-refractivity contribution in [3.05, 3.63) is 151 Å². The van der Waals surface area contributed by atoms with Crippen LogP contribution in [0.1, 0.15) is 25.0 Å². The van der Waals surface area contributed by atoms with E-state index >= 15 is 0 Å². The monoisotopic (exact) mass is 591 g/mol. The summed E-state index contributed by atoms with van der Waals surface area (Å²) >= 11 is 0. The molecule has 0 fully saturated rings. The standard InChI is InChI=1S/C43H29NO2/c1-43(2)33-19-10-8-17-30(33)40-41(43)29-16-7-6-15-28(29)38-32-24-23-27(25-37(32)46-42(38)40)44(26-13-4-3-5-14-26)34-20-12-22-36-39(34)31-18-9-11-21-35(31)45-36/h3-25H,1-2H3. The smallest absolute Gasteiger partial charge is 0.144 e. The van der Waals surface area contributed by atoms with Gasteiger partial charge < -0.3 is 13.7 Å². The largest absolute Gasteiger partial charge is 0.456 e. The molecule has 9 aromatic rings. The van der Waals surface area contributed by atoms with Crippen molar-refractivity contribution in [2.75, 3.05) is 4.90 Å². The van der Waals surface area contributed by atoms with Crippen molar-refractivity contribution < 1.29 is 8.83 Å². The average Bonchev–Trinajstić information content (AvgIpc) is 3.74. The summed E-state index contributed by atoms with van der Waals surface area (Å²) in [4.78, 5) is 2.32. The minimum Gasteiger partial charge on any atom is -0.456 e. The van der Waals surface area contributed by atoms with Crippen molar-refractivity contribution in [2.45, 2.75) is 19.3 Å². The predicted octanol–water partition coefficient (Wildman–Crippen LogP) is 12.4. The molecule has 0 atom stereocenters. The molecule has 0 saturated heterocycles. The molecule has 3 heteroatoms. The van der Waals surface area contributed by atoms with Crippen LogP contribution in [-0.2, 0) is 5.41 Å². The lowest BCUT2D eigenvalue weighted by molar-refractivity contribution is 0.658. The fourth-order valence-electron chi connectivity index (χ4n) is 8.07. The molecule has 0 saturated carbocycles. The van der Waals surface area contributed by atoms with Crippen molar-refractivity contribution in [1.82, 2.24) is 0 Å². The highest BCUT2D eigenvalue weighted by Gasteiger charge is 2.39. The number of furan rings is 2.